The van der Waals surface area contributed by atoms with E-state index in [1.54, 1.807) is 0 Å². The lowest BCUT2D eigenvalue weighted by Gasteiger charge is -2.41. The fourth-order valence-corrected chi connectivity index (χ4v) is 8.53. The molecule has 1 aliphatic heterocycles. The lowest BCUT2D eigenvalue weighted by molar-refractivity contribution is 0.338. The molecule has 0 amide bonds. The van der Waals surface area contributed by atoms with Crippen molar-refractivity contribution in [1.82, 2.24) is 4.57 Å². The number of aliphatic imine (C=N–C) groups is 1. The Morgan fingerprint density at radius 1 is 0.426 bits per heavy atom. The zero-order valence-electron chi connectivity index (χ0n) is 31.1. The van der Waals surface area contributed by atoms with E-state index in [0.29, 0.717) is 0 Å². The third kappa shape index (κ3) is 4.92. The number of fused-ring (bicyclic) bond motifs is 6. The van der Waals surface area contributed by atoms with Gasteiger partial charge in [0.25, 0.3) is 0 Å². The fourth-order valence-electron chi connectivity index (χ4n) is 8.53. The molecular formula is C51H41N3. The summed E-state index contributed by atoms with van der Waals surface area (Å²) in [5.74, 6) is 1.01. The van der Waals surface area contributed by atoms with Gasteiger partial charge in [-0.2, -0.15) is 0 Å². The molecule has 260 valence electrons. The molecule has 1 aliphatic rings. The van der Waals surface area contributed by atoms with Crippen LogP contribution in [0.5, 0.6) is 0 Å². The van der Waals surface area contributed by atoms with Gasteiger partial charge >= 0.3 is 0 Å². The van der Waals surface area contributed by atoms with Gasteiger partial charge < -0.3 is 9.47 Å². The van der Waals surface area contributed by atoms with Gasteiger partial charge in [-0.1, -0.05) is 133 Å². The molecule has 0 atom stereocenters. The van der Waals surface area contributed by atoms with Crippen LogP contribution in [0.25, 0.3) is 71.3 Å². The molecule has 9 aromatic rings. The van der Waals surface area contributed by atoms with Gasteiger partial charge in [0.05, 0.1) is 22.1 Å². The Hall–Kier alpha value is -6.45. The maximum absolute atomic E-state index is 5.29. The molecule has 3 heteroatoms. The average Bonchev–Trinajstić information content (AvgIpc) is 3.64. The van der Waals surface area contributed by atoms with E-state index in [4.69, 9.17) is 4.99 Å². The highest BCUT2D eigenvalue weighted by molar-refractivity contribution is 6.24. The first-order chi connectivity index (χ1) is 26.3. The second-order valence-electron chi connectivity index (χ2n) is 15.6. The lowest BCUT2D eigenvalue weighted by atomic mass is 9.83. The van der Waals surface area contributed by atoms with E-state index in [-0.39, 0.29) is 11.1 Å². The topological polar surface area (TPSA) is 20.5 Å². The molecule has 0 bridgehead atoms. The number of anilines is 1. The molecule has 0 spiro atoms. The smallest absolute Gasteiger partial charge is 0.136 e. The quantitative estimate of drug-likeness (QED) is 0.176. The van der Waals surface area contributed by atoms with Gasteiger partial charge in [-0.15, -0.1) is 0 Å². The van der Waals surface area contributed by atoms with Crippen LogP contribution in [0.3, 0.4) is 0 Å². The monoisotopic (exact) mass is 695 g/mol. The Bertz CT molecular complexity index is 2910. The maximum atomic E-state index is 5.29. The summed E-state index contributed by atoms with van der Waals surface area (Å²) in [6.45, 7) is 9.08. The zero-order valence-corrected chi connectivity index (χ0v) is 31.1. The second kappa shape index (κ2) is 12.0. The zero-order chi connectivity index (χ0) is 36.6. The summed E-state index contributed by atoms with van der Waals surface area (Å²) >= 11 is 0. The van der Waals surface area contributed by atoms with Crippen LogP contribution in [-0.2, 0) is 0 Å². The molecule has 0 N–H and O–H groups in total. The van der Waals surface area contributed by atoms with Gasteiger partial charge in [-0.3, -0.25) is 4.99 Å². The highest BCUT2D eigenvalue weighted by Crippen LogP contribution is 2.45. The summed E-state index contributed by atoms with van der Waals surface area (Å²) in [4.78, 5) is 7.72. The van der Waals surface area contributed by atoms with Crippen molar-refractivity contribution in [3.05, 3.63) is 181 Å². The number of benzene rings is 8. The van der Waals surface area contributed by atoms with Crippen LogP contribution in [0.4, 0.5) is 5.69 Å². The highest BCUT2D eigenvalue weighted by Gasteiger charge is 2.49. The first-order valence-corrected chi connectivity index (χ1v) is 18.9. The first kappa shape index (κ1) is 32.2. The number of hydrogen-bond acceptors (Lipinski definition) is 2. The number of rotatable bonds is 5. The number of para-hydroxylation sites is 1. The highest BCUT2D eigenvalue weighted by atomic mass is 15.3. The van der Waals surface area contributed by atoms with Crippen LogP contribution in [0.2, 0.25) is 0 Å². The van der Waals surface area contributed by atoms with E-state index in [1.165, 1.54) is 65.6 Å². The Morgan fingerprint density at radius 3 is 1.80 bits per heavy atom. The van der Waals surface area contributed by atoms with Crippen molar-refractivity contribution in [3.63, 3.8) is 0 Å². The molecule has 0 saturated carbocycles. The maximum Gasteiger partial charge on any atom is 0.136 e. The van der Waals surface area contributed by atoms with Crippen LogP contribution >= 0.6 is 0 Å². The van der Waals surface area contributed by atoms with E-state index in [2.05, 4.69) is 213 Å². The second-order valence-corrected chi connectivity index (χ2v) is 15.6. The van der Waals surface area contributed by atoms with Crippen LogP contribution < -0.4 is 4.90 Å². The molecule has 0 unspecified atom stereocenters. The largest absolute Gasteiger partial charge is 0.318 e. The lowest BCUT2D eigenvalue weighted by Crippen LogP contribution is -2.53. The van der Waals surface area contributed by atoms with E-state index < -0.39 is 0 Å². The predicted molar refractivity (Wildman–Crippen MR) is 230 cm³/mol. The van der Waals surface area contributed by atoms with Crippen LogP contribution in [-0.4, -0.2) is 21.5 Å². The molecule has 2 heterocycles. The van der Waals surface area contributed by atoms with Gasteiger partial charge in [0, 0.05) is 27.7 Å². The number of aromatic nitrogens is 1. The predicted octanol–water partition coefficient (Wildman–Crippen LogP) is 13.2. The molecule has 0 radical (unpaired) electrons. The number of hydrogen-bond donors (Lipinski definition) is 0. The molecular weight excluding hydrogens is 655 g/mol. The van der Waals surface area contributed by atoms with E-state index in [0.717, 1.165) is 22.8 Å². The molecule has 10 rings (SSSR count). The summed E-state index contributed by atoms with van der Waals surface area (Å²) in [6.07, 6.45) is 0. The average molecular weight is 696 g/mol. The molecule has 0 aliphatic carbocycles. The van der Waals surface area contributed by atoms with Crippen LogP contribution in [0.1, 0.15) is 33.3 Å². The third-order valence-electron chi connectivity index (χ3n) is 12.0. The summed E-state index contributed by atoms with van der Waals surface area (Å²) in [7, 11) is 0. The Morgan fingerprint density at radius 2 is 1.04 bits per heavy atom. The Labute approximate surface area is 316 Å². The SMILES string of the molecule is CC1(C)N=C(c2ccccc2)N(c2ccc(-c3cc4c(c5ccccc35)c3ccc(-c5ccc6ccccc6c5)cc3n4-c3ccccc3)cc2)C1(C)C. The van der Waals surface area contributed by atoms with E-state index in [9.17, 15) is 0 Å². The van der Waals surface area contributed by atoms with Crippen molar-refractivity contribution in [2.24, 2.45) is 4.99 Å². The molecule has 3 nitrogen and oxygen atoms in total. The summed E-state index contributed by atoms with van der Waals surface area (Å²) in [6, 6.07) is 64.2. The van der Waals surface area contributed by atoms with Gasteiger partial charge in [0.2, 0.25) is 0 Å². The molecule has 54 heavy (non-hydrogen) atoms. The van der Waals surface area contributed by atoms with Gasteiger partial charge in [0.15, 0.2) is 0 Å². The van der Waals surface area contributed by atoms with Crippen LogP contribution in [0, 0.1) is 0 Å². The minimum absolute atomic E-state index is 0.229. The van der Waals surface area contributed by atoms with Crippen molar-refractivity contribution in [3.8, 4) is 27.9 Å². The van der Waals surface area contributed by atoms with E-state index >= 15 is 0 Å². The van der Waals surface area contributed by atoms with Gasteiger partial charge in [-0.25, -0.2) is 0 Å². The Balaban J connectivity index is 1.17. The van der Waals surface area contributed by atoms with Crippen LogP contribution in [0.15, 0.2) is 181 Å². The van der Waals surface area contributed by atoms with Crippen molar-refractivity contribution in [2.45, 2.75) is 38.8 Å². The minimum Gasteiger partial charge on any atom is -0.318 e. The minimum atomic E-state index is -0.267. The Kier molecular flexibility index (Phi) is 7.19. The molecule has 1 aromatic heterocycles. The molecule has 0 fully saturated rings. The summed E-state index contributed by atoms with van der Waals surface area (Å²) < 4.78 is 2.46. The van der Waals surface area contributed by atoms with Gasteiger partial charge in [-0.05, 0) is 114 Å². The molecule has 0 saturated heterocycles. The fraction of sp³-hybridized carbons (Fsp3) is 0.118. The third-order valence-corrected chi connectivity index (χ3v) is 12.0. The van der Waals surface area contributed by atoms with Crippen molar-refractivity contribution in [1.29, 1.82) is 0 Å². The van der Waals surface area contributed by atoms with Crippen molar-refractivity contribution < 1.29 is 0 Å². The summed E-state index contributed by atoms with van der Waals surface area (Å²) in [5.41, 5.74) is 10.2. The number of nitrogens with zero attached hydrogens (tertiary/aromatic N) is 3. The normalized spacial score (nSPS) is 15.0. The first-order valence-electron chi connectivity index (χ1n) is 18.9. The van der Waals surface area contributed by atoms with Gasteiger partial charge in [0.1, 0.15) is 5.84 Å². The molecule has 8 aromatic carbocycles. The van der Waals surface area contributed by atoms with Crippen molar-refractivity contribution in [2.75, 3.05) is 4.90 Å². The van der Waals surface area contributed by atoms with E-state index in [1.807, 2.05) is 0 Å². The standard InChI is InChI=1S/C51H41N3/c1-50(2)51(3,4)54(49(52-50)36-16-7-5-8-17-36)41-28-25-35(26-29-41)45-33-47-48(43-22-14-13-21-42(43)45)44-30-27-39(32-46(44)53(47)40-19-9-6-10-20-40)38-24-23-34-15-11-12-18-37(34)31-38/h5-33H,1-4H3. The number of amidine groups is 1. The van der Waals surface area contributed by atoms with Crippen molar-refractivity contribution >= 4 is 54.9 Å². The summed E-state index contributed by atoms with van der Waals surface area (Å²) in [5, 5.41) is 7.54.